The van der Waals surface area contributed by atoms with Gasteiger partial charge >= 0.3 is 0 Å². The van der Waals surface area contributed by atoms with Crippen molar-refractivity contribution < 1.29 is 9.21 Å². The quantitative estimate of drug-likeness (QED) is 0.712. The van der Waals surface area contributed by atoms with E-state index in [4.69, 9.17) is 4.42 Å². The van der Waals surface area contributed by atoms with Gasteiger partial charge in [0.1, 0.15) is 5.58 Å². The van der Waals surface area contributed by atoms with E-state index in [2.05, 4.69) is 22.0 Å². The smallest absolute Gasteiger partial charge is 0.289 e. The highest BCUT2D eigenvalue weighted by Gasteiger charge is 2.26. The van der Waals surface area contributed by atoms with Crippen molar-refractivity contribution in [2.75, 3.05) is 32.7 Å². The Morgan fingerprint density at radius 3 is 2.67 bits per heavy atom. The number of amides is 1. The average Bonchev–Trinajstić information content (AvgIpc) is 3.02. The molecule has 1 aliphatic heterocycles. The molecule has 5 nitrogen and oxygen atoms in total. The first-order valence-corrected chi connectivity index (χ1v) is 9.53. The average molecular weight is 363 g/mol. The Morgan fingerprint density at radius 2 is 1.93 bits per heavy atom. The molecule has 3 aromatic rings. The van der Waals surface area contributed by atoms with E-state index in [1.165, 1.54) is 0 Å². The van der Waals surface area contributed by atoms with Crippen LogP contribution in [-0.4, -0.2) is 53.4 Å². The van der Waals surface area contributed by atoms with Gasteiger partial charge in [0.2, 0.25) is 0 Å². The molecule has 0 saturated carbocycles. The first-order chi connectivity index (χ1) is 13.1. The van der Waals surface area contributed by atoms with E-state index in [0.717, 1.165) is 66.9 Å². The minimum absolute atomic E-state index is 0.00530. The van der Waals surface area contributed by atoms with Gasteiger partial charge in [-0.3, -0.25) is 14.7 Å². The molecule has 0 radical (unpaired) electrons. The van der Waals surface area contributed by atoms with Gasteiger partial charge < -0.3 is 9.32 Å². The third-order valence-electron chi connectivity index (χ3n) is 5.36. The van der Waals surface area contributed by atoms with E-state index in [0.29, 0.717) is 5.76 Å². The standard InChI is InChI=1S/C22H25N3O2/c1-16-6-7-19-17(2)21(27-20(19)15-16)22(26)25-13-11-24(12-14-25)10-8-18-5-3-4-9-23-18/h3-7,9,15H,8,10-14H2,1-2H3. The number of carbonyl (C=O) groups excluding carboxylic acids is 1. The van der Waals surface area contributed by atoms with E-state index in [1.807, 2.05) is 49.2 Å². The van der Waals surface area contributed by atoms with Gasteiger partial charge in [0.25, 0.3) is 5.91 Å². The molecule has 1 aliphatic rings. The van der Waals surface area contributed by atoms with Crippen LogP contribution in [0, 0.1) is 13.8 Å². The third kappa shape index (κ3) is 3.74. The van der Waals surface area contributed by atoms with Crippen molar-refractivity contribution in [1.29, 1.82) is 0 Å². The molecule has 2 aromatic heterocycles. The van der Waals surface area contributed by atoms with Crippen LogP contribution in [0.5, 0.6) is 0 Å². The molecule has 0 unspecified atom stereocenters. The molecule has 140 valence electrons. The molecule has 1 amide bonds. The Morgan fingerprint density at radius 1 is 1.11 bits per heavy atom. The number of nitrogens with zero attached hydrogens (tertiary/aromatic N) is 3. The van der Waals surface area contributed by atoms with E-state index < -0.39 is 0 Å². The summed E-state index contributed by atoms with van der Waals surface area (Å²) in [6.07, 6.45) is 2.78. The van der Waals surface area contributed by atoms with E-state index >= 15 is 0 Å². The summed E-state index contributed by atoms with van der Waals surface area (Å²) in [5.74, 6) is 0.489. The van der Waals surface area contributed by atoms with Crippen molar-refractivity contribution in [3.8, 4) is 0 Å². The molecule has 1 aromatic carbocycles. The molecule has 0 N–H and O–H groups in total. The van der Waals surface area contributed by atoms with Crippen LogP contribution in [0.1, 0.15) is 27.4 Å². The van der Waals surface area contributed by atoms with Crippen molar-refractivity contribution in [3.05, 3.63) is 65.2 Å². The first kappa shape index (κ1) is 17.7. The fourth-order valence-electron chi connectivity index (χ4n) is 3.67. The summed E-state index contributed by atoms with van der Waals surface area (Å²) < 4.78 is 5.91. The maximum atomic E-state index is 13.0. The first-order valence-electron chi connectivity index (χ1n) is 9.53. The number of fused-ring (bicyclic) bond motifs is 1. The fourth-order valence-corrected chi connectivity index (χ4v) is 3.67. The molecule has 0 bridgehead atoms. The number of hydrogen-bond donors (Lipinski definition) is 0. The zero-order valence-electron chi connectivity index (χ0n) is 15.9. The van der Waals surface area contributed by atoms with Crippen LogP contribution >= 0.6 is 0 Å². The number of aryl methyl sites for hydroxylation is 2. The lowest BCUT2D eigenvalue weighted by atomic mass is 10.1. The van der Waals surface area contributed by atoms with Crippen molar-refractivity contribution in [1.82, 2.24) is 14.8 Å². The van der Waals surface area contributed by atoms with Gasteiger partial charge in [0.05, 0.1) is 0 Å². The summed E-state index contributed by atoms with van der Waals surface area (Å²) in [6, 6.07) is 12.1. The van der Waals surface area contributed by atoms with Crippen molar-refractivity contribution >= 4 is 16.9 Å². The van der Waals surface area contributed by atoms with E-state index in [1.54, 1.807) is 0 Å². The monoisotopic (exact) mass is 363 g/mol. The summed E-state index contributed by atoms with van der Waals surface area (Å²) >= 11 is 0. The topological polar surface area (TPSA) is 49.6 Å². The van der Waals surface area contributed by atoms with E-state index in [-0.39, 0.29) is 5.91 Å². The Labute approximate surface area is 159 Å². The Hall–Kier alpha value is -2.66. The summed E-state index contributed by atoms with van der Waals surface area (Å²) in [6.45, 7) is 8.21. The maximum Gasteiger partial charge on any atom is 0.289 e. The normalized spacial score (nSPS) is 15.4. The minimum atomic E-state index is 0.00530. The largest absolute Gasteiger partial charge is 0.451 e. The predicted molar refractivity (Wildman–Crippen MR) is 106 cm³/mol. The van der Waals surface area contributed by atoms with Gasteiger partial charge in [-0.15, -0.1) is 0 Å². The van der Waals surface area contributed by atoms with Crippen LogP contribution in [0.25, 0.3) is 11.0 Å². The summed E-state index contributed by atoms with van der Waals surface area (Å²) in [5.41, 5.74) is 3.98. The molecular formula is C22H25N3O2. The number of aromatic nitrogens is 1. The highest BCUT2D eigenvalue weighted by atomic mass is 16.3. The number of carbonyl (C=O) groups is 1. The van der Waals surface area contributed by atoms with Crippen molar-refractivity contribution in [2.45, 2.75) is 20.3 Å². The van der Waals surface area contributed by atoms with E-state index in [9.17, 15) is 4.79 Å². The number of piperazine rings is 1. The molecule has 5 heteroatoms. The van der Waals surface area contributed by atoms with Crippen LogP contribution in [-0.2, 0) is 6.42 Å². The van der Waals surface area contributed by atoms with Gasteiger partial charge in [-0.25, -0.2) is 0 Å². The molecule has 0 aliphatic carbocycles. The zero-order valence-corrected chi connectivity index (χ0v) is 15.9. The van der Waals surface area contributed by atoms with Gasteiger partial charge in [-0.1, -0.05) is 18.2 Å². The lowest BCUT2D eigenvalue weighted by Gasteiger charge is -2.34. The molecule has 1 saturated heterocycles. The fraction of sp³-hybridized carbons (Fsp3) is 0.364. The van der Waals surface area contributed by atoms with Crippen LogP contribution in [0.2, 0.25) is 0 Å². The minimum Gasteiger partial charge on any atom is -0.451 e. The van der Waals surface area contributed by atoms with Gasteiger partial charge in [0, 0.05) is 62.0 Å². The lowest BCUT2D eigenvalue weighted by molar-refractivity contribution is 0.0608. The molecule has 0 atom stereocenters. The molecule has 3 heterocycles. The van der Waals surface area contributed by atoms with Crippen LogP contribution in [0.15, 0.2) is 47.0 Å². The number of furan rings is 1. The highest BCUT2D eigenvalue weighted by Crippen LogP contribution is 2.27. The summed E-state index contributed by atoms with van der Waals surface area (Å²) in [5, 5.41) is 1.03. The molecular weight excluding hydrogens is 338 g/mol. The molecule has 27 heavy (non-hydrogen) atoms. The second kappa shape index (κ2) is 7.53. The zero-order chi connectivity index (χ0) is 18.8. The summed E-state index contributed by atoms with van der Waals surface area (Å²) in [7, 11) is 0. The summed E-state index contributed by atoms with van der Waals surface area (Å²) in [4.78, 5) is 21.7. The van der Waals surface area contributed by atoms with Crippen LogP contribution in [0.3, 0.4) is 0 Å². The second-order valence-electron chi connectivity index (χ2n) is 7.26. The van der Waals surface area contributed by atoms with Crippen molar-refractivity contribution in [3.63, 3.8) is 0 Å². The Bertz CT molecular complexity index is 941. The molecule has 1 fully saturated rings. The van der Waals surface area contributed by atoms with Crippen molar-refractivity contribution in [2.24, 2.45) is 0 Å². The number of benzene rings is 1. The SMILES string of the molecule is Cc1ccc2c(C)c(C(=O)N3CCN(CCc4ccccn4)CC3)oc2c1. The maximum absolute atomic E-state index is 13.0. The number of pyridine rings is 1. The molecule has 4 rings (SSSR count). The number of rotatable bonds is 4. The van der Waals surface area contributed by atoms with Gasteiger partial charge in [0.15, 0.2) is 5.76 Å². The second-order valence-corrected chi connectivity index (χ2v) is 7.26. The lowest BCUT2D eigenvalue weighted by Crippen LogP contribution is -2.49. The van der Waals surface area contributed by atoms with Gasteiger partial charge in [-0.2, -0.15) is 0 Å². The van der Waals surface area contributed by atoms with Crippen LogP contribution < -0.4 is 0 Å². The number of hydrogen-bond acceptors (Lipinski definition) is 4. The van der Waals surface area contributed by atoms with Gasteiger partial charge in [-0.05, 0) is 37.6 Å². The third-order valence-corrected chi connectivity index (χ3v) is 5.36. The Kier molecular flexibility index (Phi) is 4.94. The highest BCUT2D eigenvalue weighted by molar-refractivity contribution is 5.99. The molecule has 0 spiro atoms. The van der Waals surface area contributed by atoms with Crippen LogP contribution in [0.4, 0.5) is 0 Å². The predicted octanol–water partition coefficient (Wildman–Crippen LogP) is 3.45. The Balaban J connectivity index is 1.38.